The van der Waals surface area contributed by atoms with Crippen molar-refractivity contribution in [3.63, 3.8) is 0 Å². The lowest BCUT2D eigenvalue weighted by atomic mass is 9.79. The molecule has 0 spiro atoms. The number of nitrogens with zero attached hydrogens (tertiary/aromatic N) is 1. The third kappa shape index (κ3) is 4.61. The second-order valence-electron chi connectivity index (χ2n) is 7.92. The van der Waals surface area contributed by atoms with Crippen LogP contribution in [0.1, 0.15) is 57.4 Å². The van der Waals surface area contributed by atoms with Crippen molar-refractivity contribution in [2.75, 3.05) is 6.61 Å². The molecule has 1 amide bonds. The number of carbonyl (C=O) groups is 2. The summed E-state index contributed by atoms with van der Waals surface area (Å²) in [4.78, 5) is 29.3. The number of thiazole rings is 1. The van der Waals surface area contributed by atoms with Crippen molar-refractivity contribution in [3.8, 4) is 0 Å². The summed E-state index contributed by atoms with van der Waals surface area (Å²) in [7, 11) is 0. The molecule has 0 unspecified atom stereocenters. The topological polar surface area (TPSA) is 68.3 Å². The van der Waals surface area contributed by atoms with Crippen molar-refractivity contribution in [2.24, 2.45) is 5.92 Å². The van der Waals surface area contributed by atoms with E-state index in [1.165, 1.54) is 0 Å². The van der Waals surface area contributed by atoms with Crippen LogP contribution in [0.5, 0.6) is 0 Å². The summed E-state index contributed by atoms with van der Waals surface area (Å²) in [6.07, 6.45) is 3.83. The number of nitrogens with one attached hydrogen (secondary N) is 1. The van der Waals surface area contributed by atoms with Crippen LogP contribution in [0.2, 0.25) is 0 Å². The smallest absolute Gasteiger partial charge is 0.310 e. The first-order chi connectivity index (χ1) is 12.3. The highest BCUT2D eigenvalue weighted by atomic mass is 32.1. The number of fused-ring (bicyclic) bond motifs is 1. The molecule has 1 heterocycles. The lowest BCUT2D eigenvalue weighted by Gasteiger charge is -2.28. The van der Waals surface area contributed by atoms with Gasteiger partial charge in [-0.1, -0.05) is 25.0 Å². The Bertz CT molecular complexity index is 761. The molecule has 1 N–H and O–H groups in total. The number of esters is 1. The summed E-state index contributed by atoms with van der Waals surface area (Å²) in [6.45, 7) is 5.48. The zero-order valence-electron chi connectivity index (χ0n) is 15.6. The van der Waals surface area contributed by atoms with Crippen molar-refractivity contribution in [2.45, 2.75) is 57.9 Å². The zero-order chi connectivity index (χ0) is 18.7. The Balaban J connectivity index is 1.68. The highest BCUT2D eigenvalue weighted by Crippen LogP contribution is 2.41. The van der Waals surface area contributed by atoms with Gasteiger partial charge in [-0.25, -0.2) is 4.98 Å². The van der Waals surface area contributed by atoms with Gasteiger partial charge < -0.3 is 10.1 Å². The number of carbonyl (C=O) groups excluding carboxylic acids is 2. The first-order valence-corrected chi connectivity index (χ1v) is 9.98. The van der Waals surface area contributed by atoms with Crippen molar-refractivity contribution in [3.05, 3.63) is 29.3 Å². The summed E-state index contributed by atoms with van der Waals surface area (Å²) in [5.41, 5.74) is 0.646. The first-order valence-electron chi connectivity index (χ1n) is 9.16. The van der Waals surface area contributed by atoms with Gasteiger partial charge in [0.15, 0.2) is 6.61 Å². The molecule has 140 valence electrons. The Kier molecular flexibility index (Phi) is 5.61. The van der Waals surface area contributed by atoms with Crippen LogP contribution < -0.4 is 5.32 Å². The van der Waals surface area contributed by atoms with Gasteiger partial charge in [-0.3, -0.25) is 9.59 Å². The van der Waals surface area contributed by atoms with Crippen LogP contribution >= 0.6 is 11.3 Å². The molecule has 1 aromatic heterocycles. The van der Waals surface area contributed by atoms with Crippen molar-refractivity contribution in [1.29, 1.82) is 0 Å². The number of aromatic nitrogens is 1. The van der Waals surface area contributed by atoms with E-state index in [0.29, 0.717) is 0 Å². The summed E-state index contributed by atoms with van der Waals surface area (Å²) < 4.78 is 6.48. The van der Waals surface area contributed by atoms with Gasteiger partial charge in [0.1, 0.15) is 0 Å². The molecule has 5 nitrogen and oxygen atoms in total. The molecule has 1 saturated carbocycles. The Hall–Kier alpha value is -1.95. The van der Waals surface area contributed by atoms with Crippen molar-refractivity contribution < 1.29 is 14.3 Å². The number of para-hydroxylation sites is 1. The fourth-order valence-electron chi connectivity index (χ4n) is 3.46. The third-order valence-corrected chi connectivity index (χ3v) is 5.72. The standard InChI is InChI=1S/C20H26N2O3S/c1-20(2,3)22-17(23)12-25-19(24)14-9-5-4-8-13(14)18-21-15-10-6-7-11-16(15)26-18/h6-7,10-11,13-14H,4-5,8-9,12H2,1-3H3,(H,22,23)/t13-,14+/m1/s1. The number of benzene rings is 1. The first kappa shape index (κ1) is 18.8. The molecule has 0 saturated heterocycles. The monoisotopic (exact) mass is 374 g/mol. The molecule has 1 aliphatic carbocycles. The van der Waals surface area contributed by atoms with Gasteiger partial charge in [0, 0.05) is 11.5 Å². The molecule has 3 rings (SSSR count). The maximum atomic E-state index is 12.6. The van der Waals surface area contributed by atoms with E-state index >= 15 is 0 Å². The molecule has 1 fully saturated rings. The average Bonchev–Trinajstić information content (AvgIpc) is 3.02. The maximum absolute atomic E-state index is 12.6. The molecule has 0 aliphatic heterocycles. The van der Waals surface area contributed by atoms with E-state index in [-0.39, 0.29) is 35.9 Å². The predicted octanol–water partition coefficient (Wildman–Crippen LogP) is 4.03. The fourth-order valence-corrected chi connectivity index (χ4v) is 4.62. The number of hydrogen-bond acceptors (Lipinski definition) is 5. The molecule has 0 radical (unpaired) electrons. The van der Waals surface area contributed by atoms with Gasteiger partial charge in [-0.15, -0.1) is 11.3 Å². The zero-order valence-corrected chi connectivity index (χ0v) is 16.4. The van der Waals surface area contributed by atoms with Gasteiger partial charge in [0.05, 0.1) is 21.1 Å². The number of amides is 1. The molecule has 2 aromatic rings. The second kappa shape index (κ2) is 7.74. The van der Waals surface area contributed by atoms with Gasteiger partial charge >= 0.3 is 5.97 Å². The Morgan fingerprint density at radius 1 is 1.23 bits per heavy atom. The lowest BCUT2D eigenvalue weighted by molar-refractivity contribution is -0.154. The van der Waals surface area contributed by atoms with E-state index in [0.717, 1.165) is 40.9 Å². The molecule has 6 heteroatoms. The van der Waals surface area contributed by atoms with Crippen LogP contribution in [-0.4, -0.2) is 29.0 Å². The molecule has 1 aliphatic rings. The number of ether oxygens (including phenoxy) is 1. The number of hydrogen-bond donors (Lipinski definition) is 1. The highest BCUT2D eigenvalue weighted by Gasteiger charge is 2.35. The molecule has 26 heavy (non-hydrogen) atoms. The van der Waals surface area contributed by atoms with E-state index in [2.05, 4.69) is 11.4 Å². The van der Waals surface area contributed by atoms with Crippen LogP contribution in [0.4, 0.5) is 0 Å². The molecule has 0 bridgehead atoms. The van der Waals surface area contributed by atoms with Gasteiger partial charge in [0.2, 0.25) is 0 Å². The minimum Gasteiger partial charge on any atom is -0.455 e. The van der Waals surface area contributed by atoms with Crippen LogP contribution in [0.3, 0.4) is 0 Å². The quantitative estimate of drug-likeness (QED) is 0.821. The molecule has 1 aromatic carbocycles. The fraction of sp³-hybridized carbons (Fsp3) is 0.550. The van der Waals surface area contributed by atoms with E-state index in [1.54, 1.807) is 11.3 Å². The molecular weight excluding hydrogens is 348 g/mol. The van der Waals surface area contributed by atoms with Crippen LogP contribution in [0.25, 0.3) is 10.2 Å². The molecule has 2 atom stereocenters. The lowest BCUT2D eigenvalue weighted by Crippen LogP contribution is -2.43. The van der Waals surface area contributed by atoms with E-state index in [1.807, 2.05) is 39.0 Å². The van der Waals surface area contributed by atoms with E-state index in [4.69, 9.17) is 9.72 Å². The Morgan fingerprint density at radius 3 is 2.69 bits per heavy atom. The summed E-state index contributed by atoms with van der Waals surface area (Å²) in [5, 5.41) is 3.82. The van der Waals surface area contributed by atoms with E-state index in [9.17, 15) is 9.59 Å². The largest absolute Gasteiger partial charge is 0.455 e. The predicted molar refractivity (Wildman–Crippen MR) is 103 cm³/mol. The normalized spacial score (nSPS) is 20.7. The summed E-state index contributed by atoms with van der Waals surface area (Å²) >= 11 is 1.66. The third-order valence-electron chi connectivity index (χ3n) is 4.56. The van der Waals surface area contributed by atoms with Gasteiger partial charge in [-0.2, -0.15) is 0 Å². The summed E-state index contributed by atoms with van der Waals surface area (Å²) in [6, 6.07) is 8.04. The van der Waals surface area contributed by atoms with Gasteiger partial charge in [-0.05, 0) is 45.7 Å². The van der Waals surface area contributed by atoms with Crippen molar-refractivity contribution >= 4 is 33.4 Å². The highest BCUT2D eigenvalue weighted by molar-refractivity contribution is 7.18. The minimum atomic E-state index is -0.335. The molecular formula is C20H26N2O3S. The van der Waals surface area contributed by atoms with Crippen LogP contribution in [0.15, 0.2) is 24.3 Å². The number of rotatable bonds is 4. The van der Waals surface area contributed by atoms with Crippen LogP contribution in [-0.2, 0) is 14.3 Å². The minimum absolute atomic E-state index is 0.0827. The average molecular weight is 375 g/mol. The Labute approximate surface area is 158 Å². The SMILES string of the molecule is CC(C)(C)NC(=O)COC(=O)[C@H]1CCCC[C@H]1c1nc2ccccc2s1. The maximum Gasteiger partial charge on any atom is 0.310 e. The van der Waals surface area contributed by atoms with E-state index < -0.39 is 0 Å². The van der Waals surface area contributed by atoms with Crippen molar-refractivity contribution in [1.82, 2.24) is 10.3 Å². The van der Waals surface area contributed by atoms with Gasteiger partial charge in [0.25, 0.3) is 5.91 Å². The second-order valence-corrected chi connectivity index (χ2v) is 8.99. The summed E-state index contributed by atoms with van der Waals surface area (Å²) in [5.74, 6) is -0.678. The Morgan fingerprint density at radius 2 is 1.96 bits per heavy atom. The van der Waals surface area contributed by atoms with Crippen LogP contribution in [0, 0.1) is 5.92 Å².